The lowest BCUT2D eigenvalue weighted by atomic mass is 10.1. The SMILES string of the molecule is CC(C)C(=O)O.c1ccc2c(c1)Cc1ccccc1-2. The van der Waals surface area contributed by atoms with Crippen molar-refractivity contribution in [3.05, 3.63) is 59.7 Å². The van der Waals surface area contributed by atoms with Crippen LogP contribution in [0.5, 0.6) is 0 Å². The average molecular weight is 254 g/mol. The molecule has 2 aromatic rings. The van der Waals surface area contributed by atoms with E-state index < -0.39 is 5.97 Å². The lowest BCUT2D eigenvalue weighted by Crippen LogP contribution is -2.03. The minimum atomic E-state index is -0.741. The predicted octanol–water partition coefficient (Wildman–Crippen LogP) is 3.98. The summed E-state index contributed by atoms with van der Waals surface area (Å²) in [5, 5.41) is 7.99. The Bertz CT molecular complexity index is 542. The normalized spacial score (nSPS) is 11.3. The Morgan fingerprint density at radius 2 is 1.32 bits per heavy atom. The second-order valence-electron chi connectivity index (χ2n) is 4.98. The van der Waals surface area contributed by atoms with Crippen LogP contribution in [-0.4, -0.2) is 11.1 Å². The van der Waals surface area contributed by atoms with E-state index in [2.05, 4.69) is 48.5 Å². The number of carbonyl (C=O) groups is 1. The summed E-state index contributed by atoms with van der Waals surface area (Å²) in [4.78, 5) is 9.70. The summed E-state index contributed by atoms with van der Waals surface area (Å²) in [5.41, 5.74) is 5.75. The first kappa shape index (κ1) is 13.3. The van der Waals surface area contributed by atoms with Crippen molar-refractivity contribution in [2.24, 2.45) is 5.92 Å². The molecular formula is C17H18O2. The molecule has 1 aliphatic carbocycles. The third-order valence-corrected chi connectivity index (χ3v) is 3.20. The van der Waals surface area contributed by atoms with Gasteiger partial charge in [-0.05, 0) is 28.7 Å². The Morgan fingerprint density at radius 1 is 0.947 bits per heavy atom. The second kappa shape index (κ2) is 5.70. The van der Waals surface area contributed by atoms with Crippen molar-refractivity contribution in [2.45, 2.75) is 20.3 Å². The fourth-order valence-electron chi connectivity index (χ4n) is 2.08. The molecule has 0 fully saturated rings. The molecule has 2 aromatic carbocycles. The molecule has 0 saturated heterocycles. The van der Waals surface area contributed by atoms with Crippen molar-refractivity contribution in [3.8, 4) is 11.1 Å². The van der Waals surface area contributed by atoms with Gasteiger partial charge in [0.05, 0.1) is 5.92 Å². The van der Waals surface area contributed by atoms with Crippen LogP contribution in [-0.2, 0) is 11.2 Å². The first-order chi connectivity index (χ1) is 9.09. The monoisotopic (exact) mass is 254 g/mol. The molecule has 0 aromatic heterocycles. The summed E-state index contributed by atoms with van der Waals surface area (Å²) >= 11 is 0. The molecule has 1 N–H and O–H groups in total. The minimum Gasteiger partial charge on any atom is -0.481 e. The zero-order chi connectivity index (χ0) is 13.8. The highest BCUT2D eigenvalue weighted by molar-refractivity contribution is 5.76. The van der Waals surface area contributed by atoms with Crippen molar-refractivity contribution in [2.75, 3.05) is 0 Å². The molecule has 0 atom stereocenters. The van der Waals surface area contributed by atoms with Crippen molar-refractivity contribution in [1.29, 1.82) is 0 Å². The minimum absolute atomic E-state index is 0.231. The summed E-state index contributed by atoms with van der Waals surface area (Å²) < 4.78 is 0. The Kier molecular flexibility index (Phi) is 4.00. The van der Waals surface area contributed by atoms with Crippen LogP contribution in [0, 0.1) is 5.92 Å². The van der Waals surface area contributed by atoms with Crippen molar-refractivity contribution >= 4 is 5.97 Å². The largest absolute Gasteiger partial charge is 0.481 e. The molecule has 98 valence electrons. The average Bonchev–Trinajstić information content (AvgIpc) is 2.78. The lowest BCUT2D eigenvalue weighted by Gasteiger charge is -1.98. The van der Waals surface area contributed by atoms with Gasteiger partial charge >= 0.3 is 5.97 Å². The zero-order valence-corrected chi connectivity index (χ0v) is 11.3. The number of hydrogen-bond acceptors (Lipinski definition) is 1. The number of benzene rings is 2. The van der Waals surface area contributed by atoms with E-state index in [-0.39, 0.29) is 5.92 Å². The maximum Gasteiger partial charge on any atom is 0.305 e. The highest BCUT2D eigenvalue weighted by Gasteiger charge is 2.15. The third kappa shape index (κ3) is 3.02. The quantitative estimate of drug-likeness (QED) is 0.713. The predicted molar refractivity (Wildman–Crippen MR) is 77.2 cm³/mol. The van der Waals surface area contributed by atoms with Crippen molar-refractivity contribution < 1.29 is 9.90 Å². The molecule has 1 aliphatic rings. The topological polar surface area (TPSA) is 37.3 Å². The second-order valence-corrected chi connectivity index (χ2v) is 4.98. The van der Waals surface area contributed by atoms with Crippen LogP contribution in [0.3, 0.4) is 0 Å². The molecule has 3 rings (SSSR count). The van der Waals surface area contributed by atoms with Gasteiger partial charge in [0.25, 0.3) is 0 Å². The molecule has 19 heavy (non-hydrogen) atoms. The summed E-state index contributed by atoms with van der Waals surface area (Å²) in [6.07, 6.45) is 1.10. The van der Waals surface area contributed by atoms with Gasteiger partial charge in [-0.1, -0.05) is 62.4 Å². The van der Waals surface area contributed by atoms with Gasteiger partial charge in [0.2, 0.25) is 0 Å². The van der Waals surface area contributed by atoms with Gasteiger partial charge in [0, 0.05) is 0 Å². The Labute approximate surface area is 113 Å². The molecular weight excluding hydrogens is 236 g/mol. The van der Waals surface area contributed by atoms with Crippen LogP contribution in [0.1, 0.15) is 25.0 Å². The zero-order valence-electron chi connectivity index (χ0n) is 11.3. The maximum atomic E-state index is 9.70. The Balaban J connectivity index is 0.000000192. The number of aliphatic carboxylic acids is 1. The van der Waals surface area contributed by atoms with E-state index in [1.165, 1.54) is 22.3 Å². The van der Waals surface area contributed by atoms with Crippen LogP contribution < -0.4 is 0 Å². The van der Waals surface area contributed by atoms with E-state index in [9.17, 15) is 4.79 Å². The first-order valence-corrected chi connectivity index (χ1v) is 6.48. The molecule has 0 radical (unpaired) electrons. The van der Waals surface area contributed by atoms with E-state index in [1.54, 1.807) is 13.8 Å². The van der Waals surface area contributed by atoms with E-state index in [1.807, 2.05) is 0 Å². The molecule has 0 spiro atoms. The lowest BCUT2D eigenvalue weighted by molar-refractivity contribution is -0.140. The number of rotatable bonds is 1. The summed E-state index contributed by atoms with van der Waals surface area (Å²) in [6.45, 7) is 3.28. The van der Waals surface area contributed by atoms with Gasteiger partial charge in [-0.3, -0.25) is 4.79 Å². The molecule has 2 nitrogen and oxygen atoms in total. The Morgan fingerprint density at radius 3 is 1.68 bits per heavy atom. The molecule has 0 bridgehead atoms. The van der Waals surface area contributed by atoms with Gasteiger partial charge < -0.3 is 5.11 Å². The molecule has 0 aliphatic heterocycles. The summed E-state index contributed by atoms with van der Waals surface area (Å²) in [6, 6.07) is 17.3. The number of hydrogen-bond donors (Lipinski definition) is 1. The van der Waals surface area contributed by atoms with Crippen molar-refractivity contribution in [3.63, 3.8) is 0 Å². The number of carboxylic acids is 1. The molecule has 2 heteroatoms. The van der Waals surface area contributed by atoms with E-state index in [0.29, 0.717) is 0 Å². The summed E-state index contributed by atoms with van der Waals surface area (Å²) in [5.74, 6) is -0.972. The van der Waals surface area contributed by atoms with Gasteiger partial charge in [-0.2, -0.15) is 0 Å². The van der Waals surface area contributed by atoms with Gasteiger partial charge in [-0.25, -0.2) is 0 Å². The van der Waals surface area contributed by atoms with Gasteiger partial charge in [0.15, 0.2) is 0 Å². The maximum absolute atomic E-state index is 9.70. The van der Waals surface area contributed by atoms with Crippen LogP contribution in [0.4, 0.5) is 0 Å². The summed E-state index contributed by atoms with van der Waals surface area (Å²) in [7, 11) is 0. The van der Waals surface area contributed by atoms with Gasteiger partial charge in [-0.15, -0.1) is 0 Å². The molecule has 0 heterocycles. The highest BCUT2D eigenvalue weighted by atomic mass is 16.4. The molecule has 0 saturated carbocycles. The van der Waals surface area contributed by atoms with Crippen LogP contribution in [0.25, 0.3) is 11.1 Å². The van der Waals surface area contributed by atoms with Gasteiger partial charge in [0.1, 0.15) is 0 Å². The van der Waals surface area contributed by atoms with E-state index in [4.69, 9.17) is 5.11 Å². The van der Waals surface area contributed by atoms with E-state index in [0.717, 1.165) is 6.42 Å². The standard InChI is InChI=1S/C13H10.C4H8O2/c1-3-7-12-10(5-1)9-11-6-2-4-8-13(11)12;1-3(2)4(5)6/h1-8H,9H2;3H,1-2H3,(H,5,6). The van der Waals surface area contributed by atoms with Crippen LogP contribution in [0.15, 0.2) is 48.5 Å². The molecule has 0 amide bonds. The fourth-order valence-corrected chi connectivity index (χ4v) is 2.08. The number of fused-ring (bicyclic) bond motifs is 3. The third-order valence-electron chi connectivity index (χ3n) is 3.20. The number of carboxylic acid groups (broad SMARTS) is 1. The highest BCUT2D eigenvalue weighted by Crippen LogP contribution is 2.35. The molecule has 0 unspecified atom stereocenters. The smallest absolute Gasteiger partial charge is 0.305 e. The van der Waals surface area contributed by atoms with Crippen molar-refractivity contribution in [1.82, 2.24) is 0 Å². The Hall–Kier alpha value is -2.09. The van der Waals surface area contributed by atoms with Crippen LogP contribution in [0.2, 0.25) is 0 Å². The first-order valence-electron chi connectivity index (χ1n) is 6.48. The van der Waals surface area contributed by atoms with Crippen LogP contribution >= 0.6 is 0 Å². The van der Waals surface area contributed by atoms with E-state index >= 15 is 0 Å². The fraction of sp³-hybridized carbons (Fsp3) is 0.235.